The molecule has 3 rings (SSSR count). The number of ether oxygens (including phenoxy) is 1. The fourth-order valence-corrected chi connectivity index (χ4v) is 2.91. The summed E-state index contributed by atoms with van der Waals surface area (Å²) < 4.78 is 8.17. The molecular formula is C20H22N2O3. The van der Waals surface area contributed by atoms with E-state index >= 15 is 0 Å². The number of hydrogen-bond donors (Lipinski definition) is 0. The Balaban J connectivity index is 2.20. The Morgan fingerprint density at radius 2 is 1.52 bits per heavy atom. The number of rotatable bonds is 2. The lowest BCUT2D eigenvalue weighted by molar-refractivity contribution is 0.0537. The molecule has 0 bridgehead atoms. The topological polar surface area (TPSA) is 53.2 Å². The van der Waals surface area contributed by atoms with Crippen LogP contribution in [-0.4, -0.2) is 20.8 Å². The van der Waals surface area contributed by atoms with Crippen LogP contribution in [0.1, 0.15) is 39.3 Å². The van der Waals surface area contributed by atoms with Crippen LogP contribution in [0.25, 0.3) is 11.0 Å². The predicted molar refractivity (Wildman–Crippen MR) is 98.1 cm³/mol. The van der Waals surface area contributed by atoms with Gasteiger partial charge in [0.25, 0.3) is 0 Å². The molecule has 1 unspecified atom stereocenters. The van der Waals surface area contributed by atoms with Gasteiger partial charge in [0.1, 0.15) is 5.60 Å². The average molecular weight is 338 g/mol. The number of fused-ring (bicyclic) bond motifs is 1. The first-order chi connectivity index (χ1) is 11.8. The van der Waals surface area contributed by atoms with E-state index in [1.807, 2.05) is 49.4 Å². The van der Waals surface area contributed by atoms with E-state index in [-0.39, 0.29) is 6.04 Å². The molecule has 3 aromatic rings. The van der Waals surface area contributed by atoms with Crippen LogP contribution >= 0.6 is 0 Å². The first-order valence-corrected chi connectivity index (χ1v) is 8.30. The van der Waals surface area contributed by atoms with Crippen LogP contribution in [0.15, 0.2) is 59.4 Å². The molecule has 0 N–H and O–H groups in total. The van der Waals surface area contributed by atoms with Crippen molar-refractivity contribution >= 4 is 17.1 Å². The molecule has 1 atom stereocenters. The van der Waals surface area contributed by atoms with Crippen LogP contribution in [0, 0.1) is 0 Å². The fourth-order valence-electron chi connectivity index (χ4n) is 2.91. The third-order valence-electron chi connectivity index (χ3n) is 4.02. The molecule has 1 heterocycles. The van der Waals surface area contributed by atoms with E-state index in [1.54, 1.807) is 37.5 Å². The van der Waals surface area contributed by atoms with Gasteiger partial charge in [0, 0.05) is 0 Å². The number of benzene rings is 2. The summed E-state index contributed by atoms with van der Waals surface area (Å²) in [7, 11) is 0. The van der Waals surface area contributed by atoms with Crippen molar-refractivity contribution < 1.29 is 9.53 Å². The lowest BCUT2D eigenvalue weighted by atomic mass is 10.1. The van der Waals surface area contributed by atoms with Crippen LogP contribution in [0.2, 0.25) is 0 Å². The third-order valence-corrected chi connectivity index (χ3v) is 4.02. The van der Waals surface area contributed by atoms with Gasteiger partial charge < -0.3 is 4.74 Å². The molecule has 0 aliphatic rings. The van der Waals surface area contributed by atoms with Gasteiger partial charge in [-0.3, -0.25) is 4.57 Å². The van der Waals surface area contributed by atoms with E-state index in [2.05, 4.69) is 0 Å². The summed E-state index contributed by atoms with van der Waals surface area (Å²) in [6.45, 7) is 7.29. The first-order valence-electron chi connectivity index (χ1n) is 8.30. The summed E-state index contributed by atoms with van der Waals surface area (Å²) in [6, 6.07) is 16.8. The Kier molecular flexibility index (Phi) is 4.25. The molecule has 5 heteroatoms. The molecule has 25 heavy (non-hydrogen) atoms. The highest BCUT2D eigenvalue weighted by molar-refractivity contribution is 5.87. The van der Waals surface area contributed by atoms with Crippen molar-refractivity contribution in [2.75, 3.05) is 0 Å². The Labute approximate surface area is 146 Å². The van der Waals surface area contributed by atoms with Gasteiger partial charge in [-0.2, -0.15) is 4.57 Å². The molecule has 1 aromatic heterocycles. The summed E-state index contributed by atoms with van der Waals surface area (Å²) in [5.41, 5.74) is 1.17. The molecule has 5 nitrogen and oxygen atoms in total. The molecule has 130 valence electrons. The van der Waals surface area contributed by atoms with E-state index < -0.39 is 17.4 Å². The van der Waals surface area contributed by atoms with E-state index in [4.69, 9.17) is 4.74 Å². The maximum absolute atomic E-state index is 13.1. The molecule has 0 fully saturated rings. The lowest BCUT2D eigenvalue weighted by Crippen LogP contribution is -2.35. The van der Waals surface area contributed by atoms with Crippen LogP contribution in [-0.2, 0) is 4.74 Å². The number of carbonyl (C=O) groups is 1. The van der Waals surface area contributed by atoms with E-state index in [0.29, 0.717) is 11.0 Å². The number of nitrogens with zero attached hydrogens (tertiary/aromatic N) is 2. The summed E-state index contributed by atoms with van der Waals surface area (Å²) in [5.74, 6) is 0. The number of carbonyl (C=O) groups excluding carboxylic acids is 1. The Morgan fingerprint density at radius 3 is 2.12 bits per heavy atom. The number of para-hydroxylation sites is 2. The highest BCUT2D eigenvalue weighted by Gasteiger charge is 2.25. The summed E-state index contributed by atoms with van der Waals surface area (Å²) in [4.78, 5) is 25.7. The second kappa shape index (κ2) is 6.24. The fraction of sp³-hybridized carbons (Fsp3) is 0.300. The van der Waals surface area contributed by atoms with E-state index in [0.717, 1.165) is 10.1 Å². The van der Waals surface area contributed by atoms with Crippen molar-refractivity contribution in [1.29, 1.82) is 0 Å². The van der Waals surface area contributed by atoms with Gasteiger partial charge in [-0.05, 0) is 45.4 Å². The molecule has 2 aromatic carbocycles. The van der Waals surface area contributed by atoms with Gasteiger partial charge in [0.2, 0.25) is 0 Å². The van der Waals surface area contributed by atoms with Crippen molar-refractivity contribution in [2.45, 2.75) is 39.3 Å². The Morgan fingerprint density at radius 1 is 0.960 bits per heavy atom. The largest absolute Gasteiger partial charge is 0.443 e. The highest BCUT2D eigenvalue weighted by Crippen LogP contribution is 2.23. The van der Waals surface area contributed by atoms with Crippen molar-refractivity contribution in [3.05, 3.63) is 70.6 Å². The van der Waals surface area contributed by atoms with Crippen LogP contribution < -0.4 is 5.69 Å². The Hall–Kier alpha value is -2.82. The zero-order valence-electron chi connectivity index (χ0n) is 14.9. The zero-order chi connectivity index (χ0) is 18.2. The molecule has 0 amide bonds. The zero-order valence-corrected chi connectivity index (χ0v) is 14.9. The van der Waals surface area contributed by atoms with Gasteiger partial charge in [0.15, 0.2) is 0 Å². The molecule has 0 saturated heterocycles. The molecule has 0 aliphatic carbocycles. The second-order valence-electron chi connectivity index (χ2n) is 7.04. The summed E-state index contributed by atoms with van der Waals surface area (Å²) in [5, 5.41) is 0. The molecule has 0 radical (unpaired) electrons. The van der Waals surface area contributed by atoms with Gasteiger partial charge in [-0.25, -0.2) is 9.59 Å². The van der Waals surface area contributed by atoms with Crippen molar-refractivity contribution in [3.63, 3.8) is 0 Å². The van der Waals surface area contributed by atoms with E-state index in [1.165, 1.54) is 0 Å². The maximum Gasteiger partial charge on any atom is 0.423 e. The summed E-state index contributed by atoms with van der Waals surface area (Å²) >= 11 is 0. The first kappa shape index (κ1) is 17.0. The maximum atomic E-state index is 13.1. The quantitative estimate of drug-likeness (QED) is 0.704. The second-order valence-corrected chi connectivity index (χ2v) is 7.04. The van der Waals surface area contributed by atoms with Crippen LogP contribution in [0.5, 0.6) is 0 Å². The number of hydrogen-bond acceptors (Lipinski definition) is 3. The van der Waals surface area contributed by atoms with Crippen molar-refractivity contribution in [3.8, 4) is 0 Å². The molecular weight excluding hydrogens is 316 g/mol. The van der Waals surface area contributed by atoms with Crippen molar-refractivity contribution in [2.24, 2.45) is 0 Å². The van der Waals surface area contributed by atoms with Crippen LogP contribution in [0.3, 0.4) is 0 Å². The standard InChI is InChI=1S/C20H22N2O3/c1-14(15-10-6-5-7-11-15)21-16-12-8-9-13-17(16)22(18(21)23)19(24)25-20(2,3)4/h5-14H,1-4H3. The molecule has 0 aliphatic heterocycles. The van der Waals surface area contributed by atoms with Crippen LogP contribution in [0.4, 0.5) is 4.79 Å². The average Bonchev–Trinajstić information content (AvgIpc) is 2.85. The number of imidazole rings is 1. The minimum atomic E-state index is -0.676. The molecule has 0 spiro atoms. The normalized spacial score (nSPS) is 13.0. The number of aromatic nitrogens is 2. The van der Waals surface area contributed by atoms with Gasteiger partial charge in [0.05, 0.1) is 17.1 Å². The van der Waals surface area contributed by atoms with Crippen molar-refractivity contribution in [1.82, 2.24) is 9.13 Å². The van der Waals surface area contributed by atoms with Gasteiger partial charge >= 0.3 is 11.8 Å². The minimum absolute atomic E-state index is 0.206. The molecule has 0 saturated carbocycles. The summed E-state index contributed by atoms with van der Waals surface area (Å²) in [6.07, 6.45) is -0.660. The monoisotopic (exact) mass is 338 g/mol. The van der Waals surface area contributed by atoms with E-state index in [9.17, 15) is 9.59 Å². The Bertz CT molecular complexity index is 962. The predicted octanol–water partition coefficient (Wildman–Crippen LogP) is 4.20. The SMILES string of the molecule is CC(c1ccccc1)n1c(=O)n(C(=O)OC(C)(C)C)c2ccccc21. The minimum Gasteiger partial charge on any atom is -0.443 e. The smallest absolute Gasteiger partial charge is 0.423 e. The van der Waals surface area contributed by atoms with Gasteiger partial charge in [-0.1, -0.05) is 42.5 Å². The third kappa shape index (κ3) is 3.22. The lowest BCUT2D eigenvalue weighted by Gasteiger charge is -2.19. The highest BCUT2D eigenvalue weighted by atomic mass is 16.6. The van der Waals surface area contributed by atoms with Gasteiger partial charge in [-0.15, -0.1) is 0 Å².